The van der Waals surface area contributed by atoms with Gasteiger partial charge in [0.1, 0.15) is 6.10 Å². The molecule has 2 aliphatic rings. The Balaban J connectivity index is 1.70. The highest BCUT2D eigenvalue weighted by Crippen LogP contribution is 2.26. The van der Waals surface area contributed by atoms with E-state index >= 15 is 0 Å². The Labute approximate surface area is 126 Å². The highest BCUT2D eigenvalue weighted by molar-refractivity contribution is 5.89. The van der Waals surface area contributed by atoms with Gasteiger partial charge in [-0.25, -0.2) is 4.79 Å². The van der Waals surface area contributed by atoms with E-state index in [1.165, 1.54) is 6.42 Å². The van der Waals surface area contributed by atoms with Crippen molar-refractivity contribution in [1.29, 1.82) is 0 Å². The third kappa shape index (κ3) is 3.63. The van der Waals surface area contributed by atoms with Crippen molar-refractivity contribution in [2.75, 3.05) is 19.6 Å². The highest BCUT2D eigenvalue weighted by Gasteiger charge is 2.35. The molecule has 2 aliphatic heterocycles. The van der Waals surface area contributed by atoms with Crippen LogP contribution in [0.4, 0.5) is 0 Å². The second kappa shape index (κ2) is 7.05. The molecule has 0 bridgehead atoms. The molecule has 2 heterocycles. The minimum Gasteiger partial charge on any atom is -0.457 e. The van der Waals surface area contributed by atoms with Crippen molar-refractivity contribution in [3.8, 4) is 0 Å². The van der Waals surface area contributed by atoms with E-state index in [0.717, 1.165) is 38.9 Å². The number of rotatable bonds is 4. The van der Waals surface area contributed by atoms with Gasteiger partial charge in [0.2, 0.25) is 0 Å². The zero-order valence-electron chi connectivity index (χ0n) is 12.4. The first-order valence-electron chi connectivity index (χ1n) is 8.05. The maximum absolute atomic E-state index is 12.4. The van der Waals surface area contributed by atoms with Gasteiger partial charge in [-0.2, -0.15) is 0 Å². The standard InChI is InChI=1S/C17H24N2O2/c20-17(14-5-2-1-3-6-14)21-16(15-7-4-10-19-15)13-8-11-18-12-9-13/h1-3,5-6,13,15-16,18-19H,4,7-12H2. The normalized spacial score (nSPS) is 24.7. The first-order valence-corrected chi connectivity index (χ1v) is 8.05. The van der Waals surface area contributed by atoms with Crippen molar-refractivity contribution in [1.82, 2.24) is 10.6 Å². The Morgan fingerprint density at radius 3 is 2.52 bits per heavy atom. The van der Waals surface area contributed by atoms with Crippen LogP contribution < -0.4 is 10.6 Å². The van der Waals surface area contributed by atoms with Crippen LogP contribution in [-0.2, 0) is 4.74 Å². The van der Waals surface area contributed by atoms with Gasteiger partial charge in [0.05, 0.1) is 5.56 Å². The van der Waals surface area contributed by atoms with Crippen molar-refractivity contribution in [3.05, 3.63) is 35.9 Å². The van der Waals surface area contributed by atoms with Crippen LogP contribution in [0.15, 0.2) is 30.3 Å². The molecule has 2 saturated heterocycles. The topological polar surface area (TPSA) is 50.4 Å². The van der Waals surface area contributed by atoms with E-state index in [2.05, 4.69) is 10.6 Å². The van der Waals surface area contributed by atoms with Crippen LogP contribution in [0.25, 0.3) is 0 Å². The molecule has 0 aromatic heterocycles. The number of carbonyl (C=O) groups excluding carboxylic acids is 1. The molecule has 2 fully saturated rings. The summed E-state index contributed by atoms with van der Waals surface area (Å²) in [5.41, 5.74) is 0.648. The molecule has 0 amide bonds. The van der Waals surface area contributed by atoms with Gasteiger partial charge in [-0.05, 0) is 63.4 Å². The van der Waals surface area contributed by atoms with Crippen LogP contribution in [0.2, 0.25) is 0 Å². The summed E-state index contributed by atoms with van der Waals surface area (Å²) in [5, 5.41) is 6.90. The van der Waals surface area contributed by atoms with E-state index in [-0.39, 0.29) is 12.1 Å². The van der Waals surface area contributed by atoms with Gasteiger partial charge < -0.3 is 15.4 Å². The van der Waals surface area contributed by atoms with Gasteiger partial charge >= 0.3 is 5.97 Å². The Morgan fingerprint density at radius 1 is 1.10 bits per heavy atom. The zero-order chi connectivity index (χ0) is 14.5. The van der Waals surface area contributed by atoms with Crippen LogP contribution in [0, 0.1) is 5.92 Å². The predicted octanol–water partition coefficient (Wildman–Crippen LogP) is 1.96. The summed E-state index contributed by atoms with van der Waals surface area (Å²) < 4.78 is 5.93. The number of ether oxygens (including phenoxy) is 1. The number of esters is 1. The second-order valence-electron chi connectivity index (χ2n) is 6.03. The van der Waals surface area contributed by atoms with Gasteiger partial charge in [0.25, 0.3) is 0 Å². The van der Waals surface area contributed by atoms with Crippen molar-refractivity contribution in [3.63, 3.8) is 0 Å². The Hall–Kier alpha value is -1.39. The van der Waals surface area contributed by atoms with E-state index in [9.17, 15) is 4.79 Å². The molecule has 1 aromatic rings. The van der Waals surface area contributed by atoms with Crippen LogP contribution in [0.1, 0.15) is 36.0 Å². The number of carbonyl (C=O) groups is 1. The molecule has 0 saturated carbocycles. The number of hydrogen-bond donors (Lipinski definition) is 2. The molecule has 2 unspecified atom stereocenters. The van der Waals surface area contributed by atoms with Crippen LogP contribution >= 0.6 is 0 Å². The number of hydrogen-bond acceptors (Lipinski definition) is 4. The summed E-state index contributed by atoms with van der Waals surface area (Å²) in [5.74, 6) is 0.280. The lowest BCUT2D eigenvalue weighted by molar-refractivity contribution is -0.00296. The van der Waals surface area contributed by atoms with Gasteiger partial charge in [0, 0.05) is 6.04 Å². The fraction of sp³-hybridized carbons (Fsp3) is 0.588. The molecule has 21 heavy (non-hydrogen) atoms. The first-order chi connectivity index (χ1) is 10.3. The largest absolute Gasteiger partial charge is 0.457 e. The lowest BCUT2D eigenvalue weighted by atomic mass is 9.87. The minimum absolute atomic E-state index is 0.00214. The summed E-state index contributed by atoms with van der Waals surface area (Å²) >= 11 is 0. The van der Waals surface area contributed by atoms with E-state index in [1.54, 1.807) is 0 Å². The van der Waals surface area contributed by atoms with Crippen molar-refractivity contribution < 1.29 is 9.53 Å². The molecule has 2 N–H and O–H groups in total. The molecule has 3 rings (SSSR count). The van der Waals surface area contributed by atoms with Crippen LogP contribution in [-0.4, -0.2) is 37.7 Å². The Bertz CT molecular complexity index is 451. The van der Waals surface area contributed by atoms with Crippen molar-refractivity contribution in [2.45, 2.75) is 37.8 Å². The monoisotopic (exact) mass is 288 g/mol. The Morgan fingerprint density at radius 2 is 1.86 bits per heavy atom. The summed E-state index contributed by atoms with van der Waals surface area (Å²) in [4.78, 5) is 12.4. The minimum atomic E-state index is -0.187. The van der Waals surface area contributed by atoms with E-state index < -0.39 is 0 Å². The third-order valence-electron chi connectivity index (χ3n) is 4.60. The number of nitrogens with one attached hydrogen (secondary N) is 2. The molecule has 1 aromatic carbocycles. The molecular weight excluding hydrogens is 264 g/mol. The average molecular weight is 288 g/mol. The van der Waals surface area contributed by atoms with E-state index in [0.29, 0.717) is 17.5 Å². The van der Waals surface area contributed by atoms with Gasteiger partial charge in [-0.1, -0.05) is 18.2 Å². The van der Waals surface area contributed by atoms with Gasteiger partial charge in [0.15, 0.2) is 0 Å². The Kier molecular flexibility index (Phi) is 4.88. The van der Waals surface area contributed by atoms with Crippen molar-refractivity contribution >= 4 is 5.97 Å². The lowest BCUT2D eigenvalue weighted by Gasteiger charge is -2.34. The van der Waals surface area contributed by atoms with Gasteiger partial charge in [-0.3, -0.25) is 0 Å². The summed E-state index contributed by atoms with van der Waals surface area (Å²) in [6.07, 6.45) is 4.46. The maximum atomic E-state index is 12.4. The van der Waals surface area contributed by atoms with E-state index in [1.807, 2.05) is 30.3 Å². The van der Waals surface area contributed by atoms with Crippen LogP contribution in [0.5, 0.6) is 0 Å². The molecule has 0 radical (unpaired) electrons. The maximum Gasteiger partial charge on any atom is 0.338 e. The predicted molar refractivity (Wildman–Crippen MR) is 82.3 cm³/mol. The molecule has 4 nitrogen and oxygen atoms in total. The second-order valence-corrected chi connectivity index (χ2v) is 6.03. The van der Waals surface area contributed by atoms with Gasteiger partial charge in [-0.15, -0.1) is 0 Å². The highest BCUT2D eigenvalue weighted by atomic mass is 16.5. The van der Waals surface area contributed by atoms with Crippen LogP contribution in [0.3, 0.4) is 0 Å². The first kappa shape index (κ1) is 14.5. The fourth-order valence-electron chi connectivity index (χ4n) is 3.44. The third-order valence-corrected chi connectivity index (χ3v) is 4.60. The molecule has 2 atom stereocenters. The SMILES string of the molecule is O=C(OC(C1CCNCC1)C1CCCN1)c1ccccc1. The molecule has 0 spiro atoms. The average Bonchev–Trinajstić information content (AvgIpc) is 3.08. The molecular formula is C17H24N2O2. The molecule has 0 aliphatic carbocycles. The van der Waals surface area contributed by atoms with Crippen molar-refractivity contribution in [2.24, 2.45) is 5.92 Å². The molecule has 114 valence electrons. The summed E-state index contributed by atoms with van der Waals surface area (Å²) in [6, 6.07) is 9.64. The van der Waals surface area contributed by atoms with E-state index in [4.69, 9.17) is 4.74 Å². The smallest absolute Gasteiger partial charge is 0.338 e. The lowest BCUT2D eigenvalue weighted by Crippen LogP contribution is -2.46. The fourth-order valence-corrected chi connectivity index (χ4v) is 3.44. The zero-order valence-corrected chi connectivity index (χ0v) is 12.4. The number of piperidine rings is 1. The summed E-state index contributed by atoms with van der Waals surface area (Å²) in [7, 11) is 0. The quantitative estimate of drug-likeness (QED) is 0.832. The summed E-state index contributed by atoms with van der Waals surface area (Å²) in [6.45, 7) is 3.09. The molecule has 4 heteroatoms. The number of benzene rings is 1.